The van der Waals surface area contributed by atoms with Crippen LogP contribution in [0, 0.1) is 0 Å². The van der Waals surface area contributed by atoms with Crippen molar-refractivity contribution < 1.29 is 9.90 Å². The lowest BCUT2D eigenvalue weighted by Gasteiger charge is -2.23. The minimum absolute atomic E-state index is 0.567. The van der Waals surface area contributed by atoms with Crippen molar-refractivity contribution in [1.29, 1.82) is 0 Å². The summed E-state index contributed by atoms with van der Waals surface area (Å²) in [4.78, 5) is 11.2. The Bertz CT molecular complexity index is 557. The topological polar surface area (TPSA) is 42.2 Å². The van der Waals surface area contributed by atoms with E-state index in [1.54, 1.807) is 30.7 Å². The molecular formula is C12H12ClNO2. The molecule has 0 atom stereocenters. The van der Waals surface area contributed by atoms with Crippen molar-refractivity contribution in [1.82, 2.24) is 4.57 Å². The van der Waals surface area contributed by atoms with Crippen LogP contribution >= 0.6 is 11.6 Å². The summed E-state index contributed by atoms with van der Waals surface area (Å²) < 4.78 is 1.69. The molecule has 0 amide bonds. The third kappa shape index (κ3) is 1.48. The van der Waals surface area contributed by atoms with Gasteiger partial charge >= 0.3 is 5.97 Å². The fourth-order valence-corrected chi connectivity index (χ4v) is 1.99. The standard InChI is InChI=1S/C12H12ClNO2/c1-12(2,11(15)16)14-7-6-8-4-3-5-9(13)10(8)14/h3-7H,1-2H3,(H,15,16). The summed E-state index contributed by atoms with van der Waals surface area (Å²) in [6.45, 7) is 3.30. The lowest BCUT2D eigenvalue weighted by atomic mass is 10.1. The molecule has 1 aromatic heterocycles. The fraction of sp³-hybridized carbons (Fsp3) is 0.250. The van der Waals surface area contributed by atoms with Crippen LogP contribution in [0.15, 0.2) is 30.5 Å². The quantitative estimate of drug-likeness (QED) is 0.872. The maximum atomic E-state index is 11.2. The molecule has 0 aliphatic rings. The zero-order valence-electron chi connectivity index (χ0n) is 9.07. The average molecular weight is 238 g/mol. The number of para-hydroxylation sites is 1. The van der Waals surface area contributed by atoms with Gasteiger partial charge in [0.25, 0.3) is 0 Å². The third-order valence-corrected chi connectivity index (χ3v) is 3.09. The smallest absolute Gasteiger partial charge is 0.329 e. The van der Waals surface area contributed by atoms with E-state index in [1.165, 1.54) is 0 Å². The Hall–Kier alpha value is -1.48. The Balaban J connectivity index is 2.76. The molecule has 0 saturated heterocycles. The molecule has 0 aliphatic carbocycles. The summed E-state index contributed by atoms with van der Waals surface area (Å²) in [7, 11) is 0. The summed E-state index contributed by atoms with van der Waals surface area (Å²) in [6, 6.07) is 7.39. The highest BCUT2D eigenvalue weighted by Gasteiger charge is 2.30. The molecule has 4 heteroatoms. The monoisotopic (exact) mass is 237 g/mol. The number of hydrogen-bond acceptors (Lipinski definition) is 1. The summed E-state index contributed by atoms with van der Waals surface area (Å²) in [5, 5.41) is 10.7. The Morgan fingerprint density at radius 2 is 2.06 bits per heavy atom. The molecule has 2 rings (SSSR count). The largest absolute Gasteiger partial charge is 0.480 e. The van der Waals surface area contributed by atoms with Crippen molar-refractivity contribution in [3.63, 3.8) is 0 Å². The summed E-state index contributed by atoms with van der Waals surface area (Å²) in [5.41, 5.74) is -0.246. The second-order valence-corrected chi connectivity index (χ2v) is 4.63. The predicted octanol–water partition coefficient (Wildman–Crippen LogP) is 3.11. The van der Waals surface area contributed by atoms with Gasteiger partial charge in [0.15, 0.2) is 0 Å². The van der Waals surface area contributed by atoms with Gasteiger partial charge in [-0.3, -0.25) is 0 Å². The van der Waals surface area contributed by atoms with Crippen LogP contribution in [-0.2, 0) is 10.3 Å². The lowest BCUT2D eigenvalue weighted by Crippen LogP contribution is -2.34. The Morgan fingerprint density at radius 3 is 2.69 bits per heavy atom. The highest BCUT2D eigenvalue weighted by atomic mass is 35.5. The molecule has 2 aromatic rings. The van der Waals surface area contributed by atoms with Gasteiger partial charge in [0.1, 0.15) is 5.54 Å². The van der Waals surface area contributed by atoms with Crippen molar-refractivity contribution >= 4 is 28.5 Å². The van der Waals surface area contributed by atoms with E-state index in [2.05, 4.69) is 0 Å². The van der Waals surface area contributed by atoms with Gasteiger partial charge < -0.3 is 9.67 Å². The van der Waals surface area contributed by atoms with Crippen molar-refractivity contribution in [2.24, 2.45) is 0 Å². The van der Waals surface area contributed by atoms with E-state index in [1.807, 2.05) is 18.2 Å². The SMILES string of the molecule is CC(C)(C(=O)O)n1ccc2cccc(Cl)c21. The molecule has 0 aliphatic heterocycles. The summed E-state index contributed by atoms with van der Waals surface area (Å²) >= 11 is 6.10. The summed E-state index contributed by atoms with van der Waals surface area (Å²) in [5.74, 6) is -0.884. The van der Waals surface area contributed by atoms with E-state index in [-0.39, 0.29) is 0 Å². The van der Waals surface area contributed by atoms with Crippen LogP contribution in [0.4, 0.5) is 0 Å². The normalized spacial score (nSPS) is 11.9. The van der Waals surface area contributed by atoms with E-state index in [9.17, 15) is 9.90 Å². The van der Waals surface area contributed by atoms with Gasteiger partial charge in [0.2, 0.25) is 0 Å². The number of nitrogens with zero attached hydrogens (tertiary/aromatic N) is 1. The van der Waals surface area contributed by atoms with Crippen molar-refractivity contribution in [3.8, 4) is 0 Å². The minimum Gasteiger partial charge on any atom is -0.480 e. The average Bonchev–Trinajstić information content (AvgIpc) is 2.63. The van der Waals surface area contributed by atoms with Crippen molar-refractivity contribution in [2.75, 3.05) is 0 Å². The number of aromatic nitrogens is 1. The Morgan fingerprint density at radius 1 is 1.38 bits per heavy atom. The first-order valence-corrected chi connectivity index (χ1v) is 5.32. The maximum Gasteiger partial charge on any atom is 0.329 e. The van der Waals surface area contributed by atoms with Crippen molar-refractivity contribution in [2.45, 2.75) is 19.4 Å². The highest BCUT2D eigenvalue weighted by molar-refractivity contribution is 6.35. The molecular weight excluding hydrogens is 226 g/mol. The molecule has 16 heavy (non-hydrogen) atoms. The van der Waals surface area contributed by atoms with Crippen LogP contribution in [0.5, 0.6) is 0 Å². The fourth-order valence-electron chi connectivity index (χ4n) is 1.72. The summed E-state index contributed by atoms with van der Waals surface area (Å²) in [6.07, 6.45) is 1.75. The van der Waals surface area contributed by atoms with E-state index >= 15 is 0 Å². The number of rotatable bonds is 2. The number of benzene rings is 1. The Labute approximate surface area is 98.3 Å². The first-order chi connectivity index (χ1) is 7.44. The number of carboxylic acid groups (broad SMARTS) is 1. The van der Waals surface area contributed by atoms with Gasteiger partial charge in [-0.15, -0.1) is 0 Å². The molecule has 3 nitrogen and oxygen atoms in total. The molecule has 0 saturated carbocycles. The third-order valence-electron chi connectivity index (χ3n) is 2.79. The van der Waals surface area contributed by atoms with Gasteiger partial charge in [0.05, 0.1) is 10.5 Å². The van der Waals surface area contributed by atoms with Gasteiger partial charge in [-0.25, -0.2) is 4.79 Å². The number of carboxylic acids is 1. The number of halogens is 1. The predicted molar refractivity (Wildman–Crippen MR) is 63.9 cm³/mol. The van der Waals surface area contributed by atoms with Crippen LogP contribution in [0.1, 0.15) is 13.8 Å². The molecule has 0 unspecified atom stereocenters. The molecule has 0 fully saturated rings. The van der Waals surface area contributed by atoms with Crippen molar-refractivity contribution in [3.05, 3.63) is 35.5 Å². The van der Waals surface area contributed by atoms with Gasteiger partial charge in [-0.05, 0) is 26.0 Å². The first kappa shape index (κ1) is 11.0. The molecule has 1 N–H and O–H groups in total. The molecule has 0 spiro atoms. The van der Waals surface area contributed by atoms with Gasteiger partial charge in [-0.2, -0.15) is 0 Å². The zero-order valence-corrected chi connectivity index (χ0v) is 9.82. The van der Waals surface area contributed by atoms with Crippen LogP contribution in [0.25, 0.3) is 10.9 Å². The van der Waals surface area contributed by atoms with E-state index in [4.69, 9.17) is 11.6 Å². The van der Waals surface area contributed by atoms with Crippen LogP contribution in [-0.4, -0.2) is 15.6 Å². The van der Waals surface area contributed by atoms with E-state index in [0.29, 0.717) is 5.02 Å². The van der Waals surface area contributed by atoms with E-state index < -0.39 is 11.5 Å². The van der Waals surface area contributed by atoms with Crippen LogP contribution in [0.2, 0.25) is 5.02 Å². The van der Waals surface area contributed by atoms with Gasteiger partial charge in [-0.1, -0.05) is 23.7 Å². The van der Waals surface area contributed by atoms with E-state index in [0.717, 1.165) is 10.9 Å². The highest BCUT2D eigenvalue weighted by Crippen LogP contribution is 2.29. The molecule has 1 aromatic carbocycles. The van der Waals surface area contributed by atoms with Crippen LogP contribution in [0.3, 0.4) is 0 Å². The number of aliphatic carboxylic acids is 1. The van der Waals surface area contributed by atoms with Gasteiger partial charge in [0, 0.05) is 11.6 Å². The second-order valence-electron chi connectivity index (χ2n) is 4.23. The maximum absolute atomic E-state index is 11.2. The zero-order chi connectivity index (χ0) is 11.9. The lowest BCUT2D eigenvalue weighted by molar-refractivity contribution is -0.145. The van der Waals surface area contributed by atoms with Crippen LogP contribution < -0.4 is 0 Å². The second kappa shape index (κ2) is 3.52. The molecule has 1 heterocycles. The molecule has 0 bridgehead atoms. The number of fused-ring (bicyclic) bond motifs is 1. The number of carbonyl (C=O) groups is 1. The first-order valence-electron chi connectivity index (χ1n) is 4.94. The molecule has 84 valence electrons. The number of hydrogen-bond donors (Lipinski definition) is 1. The molecule has 0 radical (unpaired) electrons. The Kier molecular flexibility index (Phi) is 2.43. The minimum atomic E-state index is -1.01.